The van der Waals surface area contributed by atoms with Gasteiger partial charge in [-0.1, -0.05) is 6.42 Å². The Morgan fingerprint density at radius 1 is 1.24 bits per heavy atom. The molecule has 1 rings (SSSR count). The van der Waals surface area contributed by atoms with Crippen molar-refractivity contribution in [3.05, 3.63) is 0 Å². The Kier molecular flexibility index (Phi) is 4.94. The van der Waals surface area contributed by atoms with Gasteiger partial charge in [0.05, 0.1) is 0 Å². The molecule has 0 saturated carbocycles. The first kappa shape index (κ1) is 14.9. The van der Waals surface area contributed by atoms with E-state index >= 15 is 0 Å². The summed E-state index contributed by atoms with van der Waals surface area (Å²) in [7, 11) is -7.34. The number of hydrogen-bond acceptors (Lipinski definition) is 5. The van der Waals surface area contributed by atoms with Gasteiger partial charge in [0.15, 0.2) is 14.9 Å². The molecule has 17 heavy (non-hydrogen) atoms. The molecule has 1 unspecified atom stereocenters. The third-order valence-electron chi connectivity index (χ3n) is 2.76. The molecule has 0 aromatic rings. The van der Waals surface area contributed by atoms with Gasteiger partial charge in [0.2, 0.25) is 10.0 Å². The Morgan fingerprint density at radius 2 is 1.88 bits per heavy atom. The number of sulfone groups is 1. The molecule has 8 heteroatoms. The summed E-state index contributed by atoms with van der Waals surface area (Å²) in [6, 6.07) is -0.263. The Balaban J connectivity index is 2.87. The highest BCUT2D eigenvalue weighted by atomic mass is 32.3. The molecule has 1 aliphatic rings. The largest absolute Gasteiger partial charge is 0.396 e. The van der Waals surface area contributed by atoms with Crippen LogP contribution >= 0.6 is 0 Å². The van der Waals surface area contributed by atoms with Crippen molar-refractivity contribution in [1.82, 2.24) is 4.31 Å². The van der Waals surface area contributed by atoms with Crippen molar-refractivity contribution in [1.29, 1.82) is 0 Å². The minimum atomic E-state index is -3.78. The maximum atomic E-state index is 12.0. The Hall–Kier alpha value is -0.180. The number of piperidine rings is 1. The lowest BCUT2D eigenvalue weighted by Gasteiger charge is -2.34. The lowest BCUT2D eigenvalue weighted by atomic mass is 10.0. The van der Waals surface area contributed by atoms with E-state index in [0.717, 1.165) is 19.1 Å². The van der Waals surface area contributed by atoms with Crippen LogP contribution in [0.15, 0.2) is 0 Å². The zero-order chi connectivity index (χ0) is 13.1. The molecule has 1 atom stereocenters. The van der Waals surface area contributed by atoms with Gasteiger partial charge in [-0.25, -0.2) is 16.8 Å². The zero-order valence-electron chi connectivity index (χ0n) is 9.87. The number of aliphatic hydroxyl groups is 1. The third kappa shape index (κ3) is 4.53. The van der Waals surface area contributed by atoms with E-state index in [1.807, 2.05) is 0 Å². The second-order valence-corrected chi connectivity index (χ2v) is 8.86. The van der Waals surface area contributed by atoms with E-state index in [2.05, 4.69) is 0 Å². The van der Waals surface area contributed by atoms with E-state index < -0.39 is 24.9 Å². The molecule has 0 radical (unpaired) electrons. The van der Waals surface area contributed by atoms with E-state index in [9.17, 15) is 16.8 Å². The SMILES string of the molecule is CS(=O)(=O)CS(=O)(=O)N1CCCCC1CCO. The quantitative estimate of drug-likeness (QED) is 0.739. The molecule has 1 fully saturated rings. The topological polar surface area (TPSA) is 91.8 Å². The van der Waals surface area contributed by atoms with Crippen molar-refractivity contribution in [2.45, 2.75) is 31.7 Å². The van der Waals surface area contributed by atoms with Gasteiger partial charge in [-0.15, -0.1) is 0 Å². The van der Waals surface area contributed by atoms with Gasteiger partial charge in [-0.3, -0.25) is 0 Å². The van der Waals surface area contributed by atoms with Crippen molar-refractivity contribution in [3.63, 3.8) is 0 Å². The maximum absolute atomic E-state index is 12.0. The van der Waals surface area contributed by atoms with Crippen LogP contribution in [-0.2, 0) is 19.9 Å². The van der Waals surface area contributed by atoms with Crippen LogP contribution in [-0.4, -0.2) is 56.8 Å². The average Bonchev–Trinajstić information content (AvgIpc) is 2.15. The van der Waals surface area contributed by atoms with Crippen LogP contribution < -0.4 is 0 Å². The highest BCUT2D eigenvalue weighted by molar-refractivity contribution is 8.06. The van der Waals surface area contributed by atoms with Crippen molar-refractivity contribution < 1.29 is 21.9 Å². The van der Waals surface area contributed by atoms with E-state index in [1.165, 1.54) is 4.31 Å². The monoisotopic (exact) mass is 285 g/mol. The van der Waals surface area contributed by atoms with Crippen LogP contribution in [0, 0.1) is 0 Å². The average molecular weight is 285 g/mol. The third-order valence-corrected chi connectivity index (χ3v) is 6.86. The Morgan fingerprint density at radius 3 is 2.41 bits per heavy atom. The van der Waals surface area contributed by atoms with E-state index in [4.69, 9.17) is 5.11 Å². The first-order valence-electron chi connectivity index (χ1n) is 5.54. The van der Waals surface area contributed by atoms with Gasteiger partial charge in [0.1, 0.15) is 0 Å². The molecule has 0 aromatic heterocycles. The molecule has 1 N–H and O–H groups in total. The fourth-order valence-corrected chi connectivity index (χ4v) is 5.89. The minimum Gasteiger partial charge on any atom is -0.396 e. The van der Waals surface area contributed by atoms with E-state index in [0.29, 0.717) is 19.4 Å². The van der Waals surface area contributed by atoms with Gasteiger partial charge in [-0.2, -0.15) is 4.31 Å². The summed E-state index contributed by atoms with van der Waals surface area (Å²) in [6.45, 7) is 0.262. The number of rotatable bonds is 5. The first-order valence-corrected chi connectivity index (χ1v) is 9.21. The molecule has 0 bridgehead atoms. The lowest BCUT2D eigenvalue weighted by molar-refractivity contribution is 0.193. The molecule has 1 aliphatic heterocycles. The summed E-state index contributed by atoms with van der Waals surface area (Å²) in [6.07, 6.45) is 3.61. The zero-order valence-corrected chi connectivity index (χ0v) is 11.5. The number of sulfonamides is 1. The lowest BCUT2D eigenvalue weighted by Crippen LogP contribution is -2.46. The molecular weight excluding hydrogens is 266 g/mol. The summed E-state index contributed by atoms with van der Waals surface area (Å²) >= 11 is 0. The normalized spacial score (nSPS) is 23.8. The highest BCUT2D eigenvalue weighted by Gasteiger charge is 2.33. The van der Waals surface area contributed by atoms with Crippen LogP contribution in [0.3, 0.4) is 0 Å². The number of aliphatic hydroxyl groups excluding tert-OH is 1. The summed E-state index contributed by atoms with van der Waals surface area (Å²) < 4.78 is 47.3. The van der Waals surface area contributed by atoms with Crippen molar-refractivity contribution >= 4 is 19.9 Å². The molecule has 0 aromatic carbocycles. The molecule has 1 heterocycles. The summed E-state index contributed by atoms with van der Waals surface area (Å²) in [5.74, 6) is 0. The Bertz CT molecular complexity index is 440. The second kappa shape index (κ2) is 5.64. The Labute approximate surface area is 103 Å². The van der Waals surface area contributed by atoms with E-state index in [1.54, 1.807) is 0 Å². The summed E-state index contributed by atoms with van der Waals surface area (Å²) in [5.41, 5.74) is 0. The predicted molar refractivity (Wildman–Crippen MR) is 64.7 cm³/mol. The van der Waals surface area contributed by atoms with Crippen LogP contribution in [0.4, 0.5) is 0 Å². The van der Waals surface area contributed by atoms with E-state index in [-0.39, 0.29) is 12.6 Å². The molecular formula is C9H19NO5S2. The predicted octanol–water partition coefficient (Wildman–Crippen LogP) is -0.445. The van der Waals surface area contributed by atoms with Gasteiger partial charge in [0, 0.05) is 25.4 Å². The molecule has 1 saturated heterocycles. The summed E-state index contributed by atoms with van der Waals surface area (Å²) in [4.78, 5) is 0. The maximum Gasteiger partial charge on any atom is 0.228 e. The van der Waals surface area contributed by atoms with Gasteiger partial charge in [0.25, 0.3) is 0 Å². The number of hydrogen-bond donors (Lipinski definition) is 1. The van der Waals surface area contributed by atoms with Crippen molar-refractivity contribution in [3.8, 4) is 0 Å². The van der Waals surface area contributed by atoms with Gasteiger partial charge < -0.3 is 5.11 Å². The highest BCUT2D eigenvalue weighted by Crippen LogP contribution is 2.23. The number of nitrogens with zero attached hydrogens (tertiary/aromatic N) is 1. The minimum absolute atomic E-state index is 0.0877. The molecule has 102 valence electrons. The molecule has 0 aliphatic carbocycles. The fourth-order valence-electron chi connectivity index (χ4n) is 2.12. The van der Waals surface area contributed by atoms with Gasteiger partial charge in [-0.05, 0) is 19.3 Å². The van der Waals surface area contributed by atoms with Crippen molar-refractivity contribution in [2.24, 2.45) is 0 Å². The molecule has 0 spiro atoms. The van der Waals surface area contributed by atoms with Crippen LogP contribution in [0.5, 0.6) is 0 Å². The second-order valence-electron chi connectivity index (χ2n) is 4.43. The first-order chi connectivity index (χ1) is 7.76. The smallest absolute Gasteiger partial charge is 0.228 e. The van der Waals surface area contributed by atoms with Crippen molar-refractivity contribution in [2.75, 3.05) is 24.5 Å². The fraction of sp³-hybridized carbons (Fsp3) is 1.00. The molecule has 6 nitrogen and oxygen atoms in total. The van der Waals surface area contributed by atoms with Gasteiger partial charge >= 0.3 is 0 Å². The molecule has 0 amide bonds. The summed E-state index contributed by atoms with van der Waals surface area (Å²) in [5, 5.41) is 8.05. The van der Waals surface area contributed by atoms with Crippen LogP contribution in [0.25, 0.3) is 0 Å². The standard InChI is InChI=1S/C9H19NO5S2/c1-16(12,13)8-17(14,15)10-6-3-2-4-9(10)5-7-11/h9,11H,2-8H2,1H3. The van der Waals surface area contributed by atoms with Crippen LogP contribution in [0.1, 0.15) is 25.7 Å². The van der Waals surface area contributed by atoms with Crippen LogP contribution in [0.2, 0.25) is 0 Å².